The van der Waals surface area contributed by atoms with Gasteiger partial charge in [-0.1, -0.05) is 12.1 Å². The minimum Gasteiger partial charge on any atom is -0.459 e. The van der Waals surface area contributed by atoms with Crippen molar-refractivity contribution in [1.82, 2.24) is 0 Å². The molecule has 1 fully saturated rings. The Morgan fingerprint density at radius 3 is 2.59 bits per heavy atom. The molecule has 0 unspecified atom stereocenters. The van der Waals surface area contributed by atoms with Crippen molar-refractivity contribution in [3.8, 4) is 0 Å². The third-order valence-corrected chi connectivity index (χ3v) is 3.57. The average molecular weight is 303 g/mol. The second kappa shape index (κ2) is 6.98. The van der Waals surface area contributed by atoms with E-state index >= 15 is 0 Å². The first-order valence-electron chi connectivity index (χ1n) is 7.15. The van der Waals surface area contributed by atoms with E-state index in [0.29, 0.717) is 5.56 Å². The van der Waals surface area contributed by atoms with Crippen LogP contribution in [-0.4, -0.2) is 22.8 Å². The largest absolute Gasteiger partial charge is 0.459 e. The Kier molecular flexibility index (Phi) is 5.04. The number of carbonyl (C=O) groups excluding carboxylic acids is 2. The topological polar surface area (TPSA) is 86.5 Å². The van der Waals surface area contributed by atoms with Crippen molar-refractivity contribution in [2.45, 2.75) is 38.7 Å². The lowest BCUT2D eigenvalue weighted by Crippen LogP contribution is -2.19. The molecule has 0 bridgehead atoms. The molecule has 0 aliphatic heterocycles. The Bertz CT molecular complexity index is 629. The van der Waals surface area contributed by atoms with Crippen LogP contribution in [0.15, 0.2) is 29.8 Å². The van der Waals surface area contributed by atoms with Crippen LogP contribution in [0.2, 0.25) is 0 Å². The van der Waals surface area contributed by atoms with Crippen LogP contribution in [0, 0.1) is 10.1 Å². The smallest absolute Gasteiger partial charge is 0.342 e. The van der Waals surface area contributed by atoms with Crippen LogP contribution in [0.5, 0.6) is 0 Å². The maximum absolute atomic E-state index is 12.1. The Morgan fingerprint density at radius 1 is 1.32 bits per heavy atom. The lowest BCUT2D eigenvalue weighted by molar-refractivity contribution is -0.384. The molecular weight excluding hydrogens is 286 g/mol. The molecule has 6 nitrogen and oxygen atoms in total. The van der Waals surface area contributed by atoms with Gasteiger partial charge >= 0.3 is 5.97 Å². The molecule has 0 aromatic heterocycles. The monoisotopic (exact) mass is 303 g/mol. The summed E-state index contributed by atoms with van der Waals surface area (Å²) in [6, 6.07) is 5.76. The molecule has 0 spiro atoms. The van der Waals surface area contributed by atoms with Crippen LogP contribution in [0.3, 0.4) is 0 Å². The Hall–Kier alpha value is -2.50. The molecule has 1 aromatic rings. The van der Waals surface area contributed by atoms with Gasteiger partial charge < -0.3 is 4.74 Å². The maximum Gasteiger partial charge on any atom is 0.342 e. The number of carbonyl (C=O) groups is 2. The molecule has 6 heteroatoms. The number of hydrogen-bond acceptors (Lipinski definition) is 5. The van der Waals surface area contributed by atoms with Crippen LogP contribution < -0.4 is 0 Å². The SMILES string of the molecule is CC(=O)C(=Cc1cccc([N+](=O)[O-])c1)C(=O)OC1CCCC1. The van der Waals surface area contributed by atoms with E-state index in [1.54, 1.807) is 6.07 Å². The molecule has 0 saturated heterocycles. The van der Waals surface area contributed by atoms with E-state index in [0.717, 1.165) is 25.7 Å². The number of nitro benzene ring substituents is 1. The van der Waals surface area contributed by atoms with Gasteiger partial charge in [-0.25, -0.2) is 4.79 Å². The van der Waals surface area contributed by atoms with Gasteiger partial charge in [0.2, 0.25) is 0 Å². The predicted octanol–water partition coefficient (Wildman–Crippen LogP) is 3.05. The van der Waals surface area contributed by atoms with Gasteiger partial charge in [0.15, 0.2) is 5.78 Å². The number of nitrogens with zero attached hydrogens (tertiary/aromatic N) is 1. The number of Topliss-reactive ketones (excluding diaryl/α,β-unsaturated/α-hetero) is 1. The summed E-state index contributed by atoms with van der Waals surface area (Å²) in [4.78, 5) is 34.0. The van der Waals surface area contributed by atoms with E-state index in [1.165, 1.54) is 31.2 Å². The number of esters is 1. The van der Waals surface area contributed by atoms with Gasteiger partial charge in [0.1, 0.15) is 11.7 Å². The van der Waals surface area contributed by atoms with Gasteiger partial charge in [0.05, 0.1) is 4.92 Å². The molecule has 0 N–H and O–H groups in total. The van der Waals surface area contributed by atoms with E-state index in [1.807, 2.05) is 0 Å². The number of nitro groups is 1. The first-order chi connectivity index (χ1) is 10.5. The van der Waals surface area contributed by atoms with Gasteiger partial charge in [0, 0.05) is 12.1 Å². The summed E-state index contributed by atoms with van der Waals surface area (Å²) in [5.41, 5.74) is 0.232. The fourth-order valence-corrected chi connectivity index (χ4v) is 2.42. The number of hydrogen-bond donors (Lipinski definition) is 0. The number of benzene rings is 1. The minimum absolute atomic E-state index is 0.0904. The van der Waals surface area contributed by atoms with Crippen molar-refractivity contribution in [3.05, 3.63) is 45.5 Å². The summed E-state index contributed by atoms with van der Waals surface area (Å²) in [6.45, 7) is 1.28. The molecule has 0 radical (unpaired) electrons. The summed E-state index contributed by atoms with van der Waals surface area (Å²) in [6.07, 6.45) is 4.86. The molecule has 22 heavy (non-hydrogen) atoms. The zero-order valence-electron chi connectivity index (χ0n) is 12.3. The molecule has 0 amide bonds. The zero-order chi connectivity index (χ0) is 16.1. The highest BCUT2D eigenvalue weighted by Gasteiger charge is 2.23. The van der Waals surface area contributed by atoms with Crippen molar-refractivity contribution >= 4 is 23.5 Å². The fourth-order valence-electron chi connectivity index (χ4n) is 2.42. The first kappa shape index (κ1) is 15.9. The highest BCUT2D eigenvalue weighted by molar-refractivity contribution is 6.19. The quantitative estimate of drug-likeness (QED) is 0.208. The highest BCUT2D eigenvalue weighted by atomic mass is 16.6. The molecule has 116 valence electrons. The standard InChI is InChI=1S/C16H17NO5/c1-11(18)15(16(19)22-14-7-2-3-8-14)10-12-5-4-6-13(9-12)17(20)21/h4-6,9-10,14H,2-3,7-8H2,1H3. The number of ether oxygens (including phenoxy) is 1. The van der Waals surface area contributed by atoms with Crippen LogP contribution in [0.25, 0.3) is 6.08 Å². The summed E-state index contributed by atoms with van der Waals surface area (Å²) >= 11 is 0. The van der Waals surface area contributed by atoms with E-state index in [-0.39, 0.29) is 17.4 Å². The van der Waals surface area contributed by atoms with Crippen molar-refractivity contribution in [1.29, 1.82) is 0 Å². The number of ketones is 1. The minimum atomic E-state index is -0.661. The van der Waals surface area contributed by atoms with E-state index in [4.69, 9.17) is 4.74 Å². The van der Waals surface area contributed by atoms with Gasteiger partial charge in [-0.15, -0.1) is 0 Å². The fraction of sp³-hybridized carbons (Fsp3) is 0.375. The molecule has 1 aliphatic rings. The van der Waals surface area contributed by atoms with Gasteiger partial charge in [-0.05, 0) is 44.2 Å². The second-order valence-electron chi connectivity index (χ2n) is 5.28. The third-order valence-electron chi connectivity index (χ3n) is 3.57. The van der Waals surface area contributed by atoms with E-state index in [2.05, 4.69) is 0 Å². The Balaban J connectivity index is 2.22. The lowest BCUT2D eigenvalue weighted by Gasteiger charge is -2.12. The summed E-state index contributed by atoms with van der Waals surface area (Å²) < 4.78 is 5.32. The summed E-state index contributed by atoms with van der Waals surface area (Å²) in [5.74, 6) is -1.08. The molecule has 1 saturated carbocycles. The molecular formula is C16H17NO5. The molecule has 2 rings (SSSR count). The predicted molar refractivity (Wildman–Crippen MR) is 80.1 cm³/mol. The molecule has 1 aromatic carbocycles. The second-order valence-corrected chi connectivity index (χ2v) is 5.28. The highest BCUT2D eigenvalue weighted by Crippen LogP contribution is 2.23. The normalized spacial score (nSPS) is 15.6. The van der Waals surface area contributed by atoms with E-state index in [9.17, 15) is 19.7 Å². The Labute approximate surface area is 127 Å². The van der Waals surface area contributed by atoms with Crippen molar-refractivity contribution < 1.29 is 19.2 Å². The lowest BCUT2D eigenvalue weighted by atomic mass is 10.1. The van der Waals surface area contributed by atoms with Crippen molar-refractivity contribution in [2.24, 2.45) is 0 Å². The number of rotatable bonds is 5. The van der Waals surface area contributed by atoms with Crippen LogP contribution >= 0.6 is 0 Å². The first-order valence-corrected chi connectivity index (χ1v) is 7.15. The molecule has 0 atom stereocenters. The van der Waals surface area contributed by atoms with Crippen LogP contribution in [0.1, 0.15) is 38.2 Å². The van der Waals surface area contributed by atoms with Crippen LogP contribution in [0.4, 0.5) is 5.69 Å². The van der Waals surface area contributed by atoms with Crippen molar-refractivity contribution in [3.63, 3.8) is 0 Å². The number of non-ortho nitro benzene ring substituents is 1. The molecule has 0 heterocycles. The van der Waals surface area contributed by atoms with Crippen LogP contribution in [-0.2, 0) is 14.3 Å². The van der Waals surface area contributed by atoms with Gasteiger partial charge in [0.25, 0.3) is 5.69 Å². The van der Waals surface area contributed by atoms with E-state index < -0.39 is 16.7 Å². The Morgan fingerprint density at radius 2 is 2.00 bits per heavy atom. The average Bonchev–Trinajstić information content (AvgIpc) is 2.97. The summed E-state index contributed by atoms with van der Waals surface area (Å²) in [5, 5.41) is 10.8. The summed E-state index contributed by atoms with van der Waals surface area (Å²) in [7, 11) is 0. The third kappa shape index (κ3) is 4.00. The van der Waals surface area contributed by atoms with Crippen molar-refractivity contribution in [2.75, 3.05) is 0 Å². The maximum atomic E-state index is 12.1. The van der Waals surface area contributed by atoms with Gasteiger partial charge in [-0.3, -0.25) is 14.9 Å². The zero-order valence-corrected chi connectivity index (χ0v) is 12.3. The van der Waals surface area contributed by atoms with Gasteiger partial charge in [-0.2, -0.15) is 0 Å². The molecule has 1 aliphatic carbocycles.